The van der Waals surface area contributed by atoms with Gasteiger partial charge in [-0.15, -0.1) is 0 Å². The van der Waals surface area contributed by atoms with Crippen molar-refractivity contribution >= 4 is 55.3 Å². The molecule has 1 aliphatic rings. The van der Waals surface area contributed by atoms with Crippen molar-refractivity contribution in [3.05, 3.63) is 162 Å². The van der Waals surface area contributed by atoms with Crippen LogP contribution in [-0.4, -0.2) is 5.11 Å². The Morgan fingerprint density at radius 3 is 2.41 bits per heavy atom. The highest BCUT2D eigenvalue weighted by Crippen LogP contribution is 2.46. The predicted molar refractivity (Wildman–Crippen MR) is 183 cm³/mol. The van der Waals surface area contributed by atoms with Gasteiger partial charge in [0.05, 0.1) is 11.4 Å². The number of hydrogen-bond donors (Lipinski definition) is 1. The van der Waals surface area contributed by atoms with Crippen LogP contribution in [0.5, 0.6) is 5.75 Å². The summed E-state index contributed by atoms with van der Waals surface area (Å²) in [6.07, 6.45) is 7.58. The first-order chi connectivity index (χ1) is 21.7. The lowest BCUT2D eigenvalue weighted by molar-refractivity contribution is 0.475. The minimum atomic E-state index is 0.244. The molecule has 1 unspecified atom stereocenters. The Bertz CT molecular complexity index is 2240. The summed E-state index contributed by atoms with van der Waals surface area (Å²) in [4.78, 5) is 2.11. The van der Waals surface area contributed by atoms with E-state index in [1.807, 2.05) is 36.4 Å². The van der Waals surface area contributed by atoms with Gasteiger partial charge >= 0.3 is 0 Å². The molecule has 1 atom stereocenters. The van der Waals surface area contributed by atoms with Gasteiger partial charge in [-0.25, -0.2) is 0 Å². The van der Waals surface area contributed by atoms with Crippen molar-refractivity contribution in [1.82, 2.24) is 0 Å². The molecule has 7 aromatic rings. The van der Waals surface area contributed by atoms with E-state index in [1.165, 1.54) is 21.9 Å². The van der Waals surface area contributed by atoms with E-state index in [4.69, 9.17) is 4.42 Å². The monoisotopic (exact) mass is 569 g/mol. The average Bonchev–Trinajstić information content (AvgIpc) is 3.45. The number of allylic oxidation sites excluding steroid dienone is 4. The number of fused-ring (bicyclic) bond motifs is 5. The Hall–Kier alpha value is -5.54. The SMILES string of the molecule is Cc1ccccc1C1C=C(c2cccc(N(c3ccccc3)c3ccc4c(c3)oc3ccc5ccccc5c34)c2O)C=CC1. The number of aryl methyl sites for hydroxylation is 1. The standard InChI is InChI=1S/C41H31NO2/c1-27-11-5-7-17-33(27)29-13-9-14-30(25-29)35-19-10-20-37(41(35)43)42(31-15-3-2-4-16-31)32-22-23-36-39(26-32)44-38-24-21-28-12-6-8-18-34(28)40(36)38/h2-12,14-26,29,43H,13H2,1H3. The minimum Gasteiger partial charge on any atom is -0.505 e. The number of benzene rings is 6. The molecule has 6 aromatic carbocycles. The smallest absolute Gasteiger partial charge is 0.147 e. The maximum atomic E-state index is 12.0. The number of phenols is 1. The van der Waals surface area contributed by atoms with E-state index in [9.17, 15) is 5.11 Å². The van der Waals surface area contributed by atoms with Crippen molar-refractivity contribution in [2.45, 2.75) is 19.3 Å². The Morgan fingerprint density at radius 2 is 1.52 bits per heavy atom. The zero-order valence-electron chi connectivity index (χ0n) is 24.4. The van der Waals surface area contributed by atoms with Crippen molar-refractivity contribution in [2.24, 2.45) is 0 Å². The minimum absolute atomic E-state index is 0.244. The topological polar surface area (TPSA) is 36.6 Å². The molecule has 3 nitrogen and oxygen atoms in total. The molecule has 3 heteroatoms. The number of para-hydroxylation sites is 2. The summed E-state index contributed by atoms with van der Waals surface area (Å²) in [5, 5.41) is 16.5. The van der Waals surface area contributed by atoms with Crippen molar-refractivity contribution < 1.29 is 9.52 Å². The zero-order chi connectivity index (χ0) is 29.6. The van der Waals surface area contributed by atoms with Crippen molar-refractivity contribution in [2.75, 3.05) is 4.90 Å². The fourth-order valence-corrected chi connectivity index (χ4v) is 6.70. The third-order valence-corrected chi connectivity index (χ3v) is 8.84. The van der Waals surface area contributed by atoms with Crippen molar-refractivity contribution in [1.29, 1.82) is 0 Å². The largest absolute Gasteiger partial charge is 0.505 e. The molecule has 0 amide bonds. The van der Waals surface area contributed by atoms with Crippen LogP contribution in [0.15, 0.2) is 150 Å². The van der Waals surface area contributed by atoms with Crippen LogP contribution in [0.25, 0.3) is 38.3 Å². The Balaban J connectivity index is 1.27. The van der Waals surface area contributed by atoms with E-state index < -0.39 is 0 Å². The number of rotatable bonds is 5. The summed E-state index contributed by atoms with van der Waals surface area (Å²) in [7, 11) is 0. The molecular weight excluding hydrogens is 538 g/mol. The average molecular weight is 570 g/mol. The summed E-state index contributed by atoms with van der Waals surface area (Å²) in [6, 6.07) is 43.7. The highest BCUT2D eigenvalue weighted by molar-refractivity contribution is 6.19. The maximum absolute atomic E-state index is 12.0. The summed E-state index contributed by atoms with van der Waals surface area (Å²) >= 11 is 0. The number of anilines is 3. The highest BCUT2D eigenvalue weighted by Gasteiger charge is 2.22. The van der Waals surface area contributed by atoms with Gasteiger partial charge in [-0.2, -0.15) is 0 Å². The van der Waals surface area contributed by atoms with Gasteiger partial charge < -0.3 is 14.4 Å². The van der Waals surface area contributed by atoms with Gasteiger partial charge in [-0.3, -0.25) is 0 Å². The summed E-state index contributed by atoms with van der Waals surface area (Å²) in [5.41, 5.74) is 8.69. The zero-order valence-corrected chi connectivity index (χ0v) is 24.4. The van der Waals surface area contributed by atoms with Gasteiger partial charge in [-0.1, -0.05) is 103 Å². The van der Waals surface area contributed by atoms with Gasteiger partial charge in [0.25, 0.3) is 0 Å². The van der Waals surface area contributed by atoms with E-state index in [2.05, 4.69) is 121 Å². The first-order valence-corrected chi connectivity index (χ1v) is 15.1. The van der Waals surface area contributed by atoms with Crippen LogP contribution in [0.2, 0.25) is 0 Å². The molecule has 44 heavy (non-hydrogen) atoms. The number of furan rings is 1. The maximum Gasteiger partial charge on any atom is 0.147 e. The van der Waals surface area contributed by atoms with Crippen LogP contribution < -0.4 is 4.90 Å². The molecule has 0 saturated heterocycles. The molecule has 0 aliphatic heterocycles. The van der Waals surface area contributed by atoms with Gasteiger partial charge in [-0.05, 0) is 77.2 Å². The third kappa shape index (κ3) is 4.37. The lowest BCUT2D eigenvalue weighted by Gasteiger charge is -2.27. The fraction of sp³-hybridized carbons (Fsp3) is 0.0732. The molecule has 0 spiro atoms. The van der Waals surface area contributed by atoms with Gasteiger partial charge in [0, 0.05) is 34.0 Å². The van der Waals surface area contributed by atoms with Gasteiger partial charge in [0.15, 0.2) is 0 Å². The molecular formula is C41H31NO2. The van der Waals surface area contributed by atoms with Crippen LogP contribution in [-0.2, 0) is 0 Å². The molecule has 1 heterocycles. The van der Waals surface area contributed by atoms with E-state index in [1.54, 1.807) is 0 Å². The lowest BCUT2D eigenvalue weighted by Crippen LogP contribution is -2.10. The summed E-state index contributed by atoms with van der Waals surface area (Å²) in [6.45, 7) is 2.16. The normalized spacial score (nSPS) is 14.8. The number of nitrogens with zero attached hydrogens (tertiary/aromatic N) is 1. The molecule has 8 rings (SSSR count). The van der Waals surface area contributed by atoms with Crippen LogP contribution >= 0.6 is 0 Å². The van der Waals surface area contributed by atoms with E-state index in [0.29, 0.717) is 5.69 Å². The molecule has 0 fully saturated rings. The van der Waals surface area contributed by atoms with Crippen LogP contribution in [0.3, 0.4) is 0 Å². The van der Waals surface area contributed by atoms with Crippen LogP contribution in [0.4, 0.5) is 17.1 Å². The molecule has 1 N–H and O–H groups in total. The Morgan fingerprint density at radius 1 is 0.705 bits per heavy atom. The number of hydrogen-bond acceptors (Lipinski definition) is 3. The molecule has 0 saturated carbocycles. The summed E-state index contributed by atoms with van der Waals surface area (Å²) in [5.74, 6) is 0.504. The van der Waals surface area contributed by atoms with Crippen LogP contribution in [0.1, 0.15) is 29.0 Å². The highest BCUT2D eigenvalue weighted by atomic mass is 16.3. The van der Waals surface area contributed by atoms with Gasteiger partial charge in [0.2, 0.25) is 0 Å². The van der Waals surface area contributed by atoms with E-state index >= 15 is 0 Å². The number of aromatic hydroxyl groups is 1. The molecule has 212 valence electrons. The fourth-order valence-electron chi connectivity index (χ4n) is 6.70. The van der Waals surface area contributed by atoms with E-state index in [-0.39, 0.29) is 11.7 Å². The lowest BCUT2D eigenvalue weighted by atomic mass is 9.85. The second-order valence-electron chi connectivity index (χ2n) is 11.5. The quantitative estimate of drug-likeness (QED) is 0.224. The Labute approximate surface area is 256 Å². The van der Waals surface area contributed by atoms with E-state index in [0.717, 1.165) is 50.9 Å². The second kappa shape index (κ2) is 10.6. The van der Waals surface area contributed by atoms with Crippen molar-refractivity contribution in [3.8, 4) is 5.75 Å². The Kier molecular flexibility index (Phi) is 6.31. The molecule has 1 aromatic heterocycles. The molecule has 0 radical (unpaired) electrons. The van der Waals surface area contributed by atoms with Crippen LogP contribution in [0, 0.1) is 6.92 Å². The second-order valence-corrected chi connectivity index (χ2v) is 11.5. The predicted octanol–water partition coefficient (Wildman–Crippen LogP) is 11.4. The summed E-state index contributed by atoms with van der Waals surface area (Å²) < 4.78 is 6.43. The first kappa shape index (κ1) is 26.1. The van der Waals surface area contributed by atoms with Crippen molar-refractivity contribution in [3.63, 3.8) is 0 Å². The molecule has 1 aliphatic carbocycles. The number of phenolic OH excluding ortho intramolecular Hbond substituents is 1. The first-order valence-electron chi connectivity index (χ1n) is 15.1. The third-order valence-electron chi connectivity index (χ3n) is 8.84. The molecule has 0 bridgehead atoms. The van der Waals surface area contributed by atoms with Gasteiger partial charge in [0.1, 0.15) is 16.9 Å².